The van der Waals surface area contributed by atoms with E-state index in [-0.39, 0.29) is 5.78 Å². The van der Waals surface area contributed by atoms with Crippen molar-refractivity contribution in [1.82, 2.24) is 5.32 Å². The molecule has 0 spiro atoms. The van der Waals surface area contributed by atoms with Gasteiger partial charge in [0.25, 0.3) is 0 Å². The lowest BCUT2D eigenvalue weighted by Gasteiger charge is -1.94. The maximum atomic E-state index is 10.4. The Labute approximate surface area is 62.3 Å². The minimum absolute atomic E-state index is 0.110. The number of carbonyl (C=O) groups excluding carboxylic acids is 1. The first-order chi connectivity index (χ1) is 4.77. The van der Waals surface area contributed by atoms with E-state index in [2.05, 4.69) is 12.2 Å². The molecule has 0 amide bonds. The van der Waals surface area contributed by atoms with Crippen LogP contribution in [0.3, 0.4) is 0 Å². The van der Waals surface area contributed by atoms with Gasteiger partial charge in [-0.25, -0.2) is 0 Å². The Morgan fingerprint density at radius 3 is 2.80 bits per heavy atom. The first kappa shape index (κ1) is 9.37. The molecular formula is C8H15NO. The number of rotatable bonds is 5. The van der Waals surface area contributed by atoms with Crippen LogP contribution < -0.4 is 5.32 Å². The molecule has 58 valence electrons. The summed E-state index contributed by atoms with van der Waals surface area (Å²) in [6.45, 7) is 5.48. The second-order valence-corrected chi connectivity index (χ2v) is 2.22. The largest absolute Gasteiger partial charge is 0.313 e. The van der Waals surface area contributed by atoms with Crippen molar-refractivity contribution in [3.8, 4) is 0 Å². The van der Waals surface area contributed by atoms with E-state index in [1.807, 2.05) is 6.08 Å². The summed E-state index contributed by atoms with van der Waals surface area (Å²) in [5, 5.41) is 3.15. The molecule has 0 saturated carbocycles. The normalized spacial score (nSPS) is 10.6. The van der Waals surface area contributed by atoms with Gasteiger partial charge < -0.3 is 5.32 Å². The van der Waals surface area contributed by atoms with E-state index in [1.165, 1.54) is 0 Å². The zero-order valence-corrected chi connectivity index (χ0v) is 6.68. The lowest BCUT2D eigenvalue weighted by Crippen LogP contribution is -2.13. The average Bonchev–Trinajstić information content (AvgIpc) is 1.87. The maximum absolute atomic E-state index is 10.4. The van der Waals surface area contributed by atoms with E-state index >= 15 is 0 Å². The predicted octanol–water partition coefficient (Wildman–Crippen LogP) is 1.13. The van der Waals surface area contributed by atoms with Crippen molar-refractivity contribution in [3.63, 3.8) is 0 Å². The molecule has 0 radical (unpaired) electrons. The first-order valence-electron chi connectivity index (χ1n) is 3.65. The summed E-state index contributed by atoms with van der Waals surface area (Å²) in [5.41, 5.74) is 0. The molecule has 0 aromatic carbocycles. The van der Waals surface area contributed by atoms with Gasteiger partial charge in [0.2, 0.25) is 0 Å². The molecule has 0 aliphatic heterocycles. The van der Waals surface area contributed by atoms with Gasteiger partial charge in [0.05, 0.1) is 0 Å². The second-order valence-electron chi connectivity index (χ2n) is 2.22. The fourth-order valence-corrected chi connectivity index (χ4v) is 0.587. The van der Waals surface area contributed by atoms with E-state index in [0.29, 0.717) is 0 Å². The molecule has 0 heterocycles. The molecule has 2 heteroatoms. The van der Waals surface area contributed by atoms with Crippen molar-refractivity contribution in [2.75, 3.05) is 13.1 Å². The van der Waals surface area contributed by atoms with Crippen molar-refractivity contribution >= 4 is 5.78 Å². The van der Waals surface area contributed by atoms with Crippen molar-refractivity contribution in [2.45, 2.75) is 20.3 Å². The number of allylic oxidation sites excluding steroid dienone is 1. The van der Waals surface area contributed by atoms with Gasteiger partial charge in [0.15, 0.2) is 5.78 Å². The van der Waals surface area contributed by atoms with Crippen LogP contribution in [0, 0.1) is 0 Å². The Balaban J connectivity index is 3.10. The number of ketones is 1. The van der Waals surface area contributed by atoms with Crippen LogP contribution in [-0.2, 0) is 4.79 Å². The monoisotopic (exact) mass is 141 g/mol. The van der Waals surface area contributed by atoms with Crippen molar-refractivity contribution in [2.24, 2.45) is 0 Å². The Bertz CT molecular complexity index is 118. The summed E-state index contributed by atoms with van der Waals surface area (Å²) < 4.78 is 0. The Morgan fingerprint density at radius 2 is 2.30 bits per heavy atom. The van der Waals surface area contributed by atoms with E-state index in [1.54, 1.807) is 13.0 Å². The van der Waals surface area contributed by atoms with Crippen LogP contribution >= 0.6 is 0 Å². The van der Waals surface area contributed by atoms with Gasteiger partial charge in [-0.15, -0.1) is 0 Å². The number of nitrogens with one attached hydrogen (secondary N) is 1. The molecule has 0 saturated heterocycles. The van der Waals surface area contributed by atoms with E-state index < -0.39 is 0 Å². The summed E-state index contributed by atoms with van der Waals surface area (Å²) in [4.78, 5) is 10.4. The Hall–Kier alpha value is -0.630. The SMILES string of the molecule is CCCNCC=CC(C)=O. The molecule has 0 bridgehead atoms. The fraction of sp³-hybridized carbons (Fsp3) is 0.625. The van der Waals surface area contributed by atoms with Crippen LogP contribution in [0.25, 0.3) is 0 Å². The maximum Gasteiger partial charge on any atom is 0.152 e. The highest BCUT2D eigenvalue weighted by molar-refractivity contribution is 5.87. The van der Waals surface area contributed by atoms with Crippen LogP contribution in [0.15, 0.2) is 12.2 Å². The van der Waals surface area contributed by atoms with E-state index in [4.69, 9.17) is 0 Å². The van der Waals surface area contributed by atoms with Crippen LogP contribution in [0.4, 0.5) is 0 Å². The summed E-state index contributed by atoms with van der Waals surface area (Å²) in [7, 11) is 0. The molecular weight excluding hydrogens is 126 g/mol. The lowest BCUT2D eigenvalue weighted by atomic mass is 10.4. The molecule has 0 fully saturated rings. The topological polar surface area (TPSA) is 29.1 Å². The predicted molar refractivity (Wildman–Crippen MR) is 43.0 cm³/mol. The Morgan fingerprint density at radius 1 is 1.60 bits per heavy atom. The lowest BCUT2D eigenvalue weighted by molar-refractivity contribution is -0.112. The quantitative estimate of drug-likeness (QED) is 0.459. The smallest absolute Gasteiger partial charge is 0.152 e. The van der Waals surface area contributed by atoms with Crippen LogP contribution in [-0.4, -0.2) is 18.9 Å². The zero-order chi connectivity index (χ0) is 7.82. The van der Waals surface area contributed by atoms with Gasteiger partial charge in [0.1, 0.15) is 0 Å². The third-order valence-electron chi connectivity index (χ3n) is 1.04. The van der Waals surface area contributed by atoms with E-state index in [9.17, 15) is 4.79 Å². The third kappa shape index (κ3) is 7.37. The molecule has 0 rings (SSSR count). The highest BCUT2D eigenvalue weighted by atomic mass is 16.1. The molecule has 0 aliphatic carbocycles. The van der Waals surface area contributed by atoms with Gasteiger partial charge >= 0.3 is 0 Å². The summed E-state index contributed by atoms with van der Waals surface area (Å²) >= 11 is 0. The molecule has 0 aliphatic rings. The standard InChI is InChI=1S/C8H15NO/c1-3-6-9-7-4-5-8(2)10/h4-5,9H,3,6-7H2,1-2H3. The summed E-state index contributed by atoms with van der Waals surface area (Å²) in [6, 6.07) is 0. The van der Waals surface area contributed by atoms with Crippen molar-refractivity contribution < 1.29 is 4.79 Å². The minimum Gasteiger partial charge on any atom is -0.313 e. The van der Waals surface area contributed by atoms with Crippen LogP contribution in [0.5, 0.6) is 0 Å². The molecule has 0 aromatic heterocycles. The van der Waals surface area contributed by atoms with Gasteiger partial charge in [-0.2, -0.15) is 0 Å². The van der Waals surface area contributed by atoms with Gasteiger partial charge in [-0.1, -0.05) is 13.0 Å². The zero-order valence-electron chi connectivity index (χ0n) is 6.68. The molecule has 0 unspecified atom stereocenters. The number of carbonyl (C=O) groups is 1. The van der Waals surface area contributed by atoms with Gasteiger partial charge in [0, 0.05) is 6.54 Å². The summed E-state index contributed by atoms with van der Waals surface area (Å²) in [6.07, 6.45) is 4.56. The minimum atomic E-state index is 0.110. The number of hydrogen-bond donors (Lipinski definition) is 1. The highest BCUT2D eigenvalue weighted by Crippen LogP contribution is 1.74. The van der Waals surface area contributed by atoms with Crippen molar-refractivity contribution in [1.29, 1.82) is 0 Å². The average molecular weight is 141 g/mol. The molecule has 1 N–H and O–H groups in total. The Kier molecular flexibility index (Phi) is 6.08. The summed E-state index contributed by atoms with van der Waals surface area (Å²) in [5.74, 6) is 0.110. The van der Waals surface area contributed by atoms with Crippen LogP contribution in [0.1, 0.15) is 20.3 Å². The molecule has 0 atom stereocenters. The molecule has 2 nitrogen and oxygen atoms in total. The van der Waals surface area contributed by atoms with Crippen LogP contribution in [0.2, 0.25) is 0 Å². The fourth-order valence-electron chi connectivity index (χ4n) is 0.587. The highest BCUT2D eigenvalue weighted by Gasteiger charge is 1.80. The van der Waals surface area contributed by atoms with Gasteiger partial charge in [-0.05, 0) is 26.0 Å². The second kappa shape index (κ2) is 6.49. The third-order valence-corrected chi connectivity index (χ3v) is 1.04. The molecule has 10 heavy (non-hydrogen) atoms. The van der Waals surface area contributed by atoms with Crippen molar-refractivity contribution in [3.05, 3.63) is 12.2 Å². The number of hydrogen-bond acceptors (Lipinski definition) is 2. The van der Waals surface area contributed by atoms with E-state index in [0.717, 1.165) is 19.5 Å². The molecule has 0 aromatic rings. The van der Waals surface area contributed by atoms with Gasteiger partial charge in [-0.3, -0.25) is 4.79 Å². The first-order valence-corrected chi connectivity index (χ1v) is 3.65.